The van der Waals surface area contributed by atoms with E-state index in [1.807, 2.05) is 13.8 Å². The predicted octanol–water partition coefficient (Wildman–Crippen LogP) is 2.95. The van der Waals surface area contributed by atoms with Gasteiger partial charge in [0.25, 0.3) is 11.8 Å². The Bertz CT molecular complexity index is 1570. The topological polar surface area (TPSA) is 139 Å². The van der Waals surface area contributed by atoms with Crippen molar-refractivity contribution in [3.8, 4) is 5.75 Å². The molecule has 226 valence electrons. The normalized spacial score (nSPS) is 10.8. The van der Waals surface area contributed by atoms with Gasteiger partial charge in [-0.05, 0) is 67.4 Å². The number of amides is 4. The van der Waals surface area contributed by atoms with Crippen LogP contribution in [0.4, 0.5) is 0 Å². The molecule has 11 nitrogen and oxygen atoms in total. The quantitative estimate of drug-likeness (QED) is 0.131. The summed E-state index contributed by atoms with van der Waals surface area (Å²) < 4.78 is 1.64. The first-order valence-corrected chi connectivity index (χ1v) is 14.2. The lowest BCUT2D eigenvalue weighted by Crippen LogP contribution is -2.45. The number of rotatable bonds is 13. The average Bonchev–Trinajstić information content (AvgIpc) is 3.29. The molecule has 0 fully saturated rings. The molecule has 0 saturated heterocycles. The van der Waals surface area contributed by atoms with Crippen molar-refractivity contribution in [1.29, 1.82) is 0 Å². The molecule has 4 amide bonds. The fourth-order valence-electron chi connectivity index (χ4n) is 4.16. The number of nitrogens with one attached hydrogen (secondary N) is 3. The van der Waals surface area contributed by atoms with Crippen molar-refractivity contribution < 1.29 is 28.8 Å². The third-order valence-corrected chi connectivity index (χ3v) is 6.77. The number of hydrogen-bond donors (Lipinski definition) is 4. The first-order chi connectivity index (χ1) is 20.6. The zero-order valence-corrected chi connectivity index (χ0v) is 25.3. The van der Waals surface area contributed by atoms with Gasteiger partial charge in [-0.1, -0.05) is 31.2 Å². The molecule has 1 aromatic heterocycles. The molecule has 2 aromatic carbocycles. The van der Waals surface area contributed by atoms with Crippen molar-refractivity contribution in [2.45, 2.75) is 20.3 Å². The van der Waals surface area contributed by atoms with Gasteiger partial charge in [0, 0.05) is 27.9 Å². The predicted molar refractivity (Wildman–Crippen MR) is 167 cm³/mol. The Balaban J connectivity index is 1.73. The first kappa shape index (κ1) is 33.0. The van der Waals surface area contributed by atoms with E-state index in [0.717, 1.165) is 21.7 Å². The molecule has 0 unspecified atom stereocenters. The molecule has 0 aliphatic heterocycles. The molecule has 1 heterocycles. The molecule has 0 spiro atoms. The Labute approximate surface area is 259 Å². The zero-order chi connectivity index (χ0) is 31.5. The number of aryl methyl sites for hydroxylation is 1. The first-order valence-electron chi connectivity index (χ1n) is 13.2. The van der Waals surface area contributed by atoms with Crippen LogP contribution in [0.5, 0.6) is 5.75 Å². The molecular weight excluding hydrogens is 594 g/mol. The molecule has 3 rings (SSSR count). The maximum Gasteiger partial charge on any atom is 0.278 e. The van der Waals surface area contributed by atoms with Crippen LogP contribution in [0.15, 0.2) is 67.4 Å². The lowest BCUT2D eigenvalue weighted by Gasteiger charge is -2.19. The second-order valence-corrected chi connectivity index (χ2v) is 9.87. The van der Waals surface area contributed by atoms with Crippen molar-refractivity contribution in [3.05, 3.63) is 89.2 Å². The summed E-state index contributed by atoms with van der Waals surface area (Å²) in [5.74, 6) is -2.18. The molecule has 13 heteroatoms. The van der Waals surface area contributed by atoms with E-state index in [0.29, 0.717) is 28.3 Å². The van der Waals surface area contributed by atoms with Gasteiger partial charge in [-0.3, -0.25) is 28.5 Å². The minimum absolute atomic E-state index is 0.0707. The summed E-state index contributed by atoms with van der Waals surface area (Å²) in [7, 11) is 0. The van der Waals surface area contributed by atoms with Crippen molar-refractivity contribution in [3.63, 3.8) is 0 Å². The second-order valence-electron chi connectivity index (χ2n) is 9.12. The number of thiol groups is 1. The summed E-state index contributed by atoms with van der Waals surface area (Å²) in [4.78, 5) is 67.3. The third kappa shape index (κ3) is 8.72. The van der Waals surface area contributed by atoms with Gasteiger partial charge >= 0.3 is 0 Å². The Morgan fingerprint density at radius 2 is 1.60 bits per heavy atom. The maximum absolute atomic E-state index is 13.4. The van der Waals surface area contributed by atoms with Crippen LogP contribution in [-0.2, 0) is 25.6 Å². The van der Waals surface area contributed by atoms with E-state index in [4.69, 9.17) is 16.4 Å². The highest BCUT2D eigenvalue weighted by Crippen LogP contribution is 2.31. The van der Waals surface area contributed by atoms with Crippen molar-refractivity contribution in [1.82, 2.24) is 25.6 Å². The number of hydrogen-bond acceptors (Lipinski definition) is 7. The summed E-state index contributed by atoms with van der Waals surface area (Å²) >= 11 is 9.78. The Morgan fingerprint density at radius 3 is 2.21 bits per heavy atom. The van der Waals surface area contributed by atoms with E-state index >= 15 is 0 Å². The number of halogens is 1. The highest BCUT2D eigenvalue weighted by molar-refractivity contribution is 7.81. The summed E-state index contributed by atoms with van der Waals surface area (Å²) in [5.41, 5.74) is 2.90. The molecule has 0 radical (unpaired) electrons. The molecule has 3 aromatic rings. The highest BCUT2D eigenvalue weighted by atomic mass is 35.5. The summed E-state index contributed by atoms with van der Waals surface area (Å²) in [6.07, 6.45) is 4.93. The Morgan fingerprint density at radius 1 is 0.977 bits per heavy atom. The zero-order valence-electron chi connectivity index (χ0n) is 23.7. The number of carbonyl (C=O) groups excluding carboxylic acids is 5. The molecule has 0 atom stereocenters. The minimum Gasteiger partial charge on any atom is -0.372 e. The SMILES string of the molecule is C=C/C=C/N(Oc1ccc2c(c1)c(CC)c(C)n2C(=O)c1ccc(Cl)cc1)C(=O)CNC(=O)CNC(=O)CNC(=O)CS. The lowest BCUT2D eigenvalue weighted by molar-refractivity contribution is -0.148. The average molecular weight is 626 g/mol. The van der Waals surface area contributed by atoms with Gasteiger partial charge in [-0.25, -0.2) is 0 Å². The minimum atomic E-state index is -0.619. The van der Waals surface area contributed by atoms with E-state index in [1.54, 1.807) is 47.0 Å². The smallest absolute Gasteiger partial charge is 0.278 e. The van der Waals surface area contributed by atoms with Crippen LogP contribution in [0.25, 0.3) is 10.9 Å². The molecule has 0 aliphatic carbocycles. The van der Waals surface area contributed by atoms with Gasteiger partial charge in [-0.15, -0.1) is 5.06 Å². The monoisotopic (exact) mass is 625 g/mol. The fourth-order valence-corrected chi connectivity index (χ4v) is 4.39. The van der Waals surface area contributed by atoms with E-state index in [1.165, 1.54) is 18.4 Å². The van der Waals surface area contributed by atoms with Gasteiger partial charge in [-0.2, -0.15) is 12.6 Å². The molecule has 0 saturated carbocycles. The van der Waals surface area contributed by atoms with Crippen molar-refractivity contribution >= 4 is 64.7 Å². The standard InChI is InChI=1S/C30H32ClN5O6S/c1-4-6-13-35(29(40)17-34-27(38)15-32-26(37)16-33-28(39)18-43)42-22-11-12-25-24(14-22)23(5-2)19(3)36(25)30(41)20-7-9-21(31)10-8-20/h4,6-14,43H,1,5,15-18H2,2-3H3,(H,32,37)(H,33,39)(H,34,38)/b13-6+. The number of nitrogens with zero attached hydrogens (tertiary/aromatic N) is 2. The number of benzene rings is 2. The van der Waals surface area contributed by atoms with Crippen LogP contribution < -0.4 is 20.8 Å². The number of aromatic nitrogens is 1. The summed E-state index contributed by atoms with van der Waals surface area (Å²) in [6, 6.07) is 11.8. The van der Waals surface area contributed by atoms with E-state index in [2.05, 4.69) is 35.2 Å². The highest BCUT2D eigenvalue weighted by Gasteiger charge is 2.21. The molecule has 0 aliphatic rings. The van der Waals surface area contributed by atoms with Crippen LogP contribution in [0.1, 0.15) is 28.5 Å². The van der Waals surface area contributed by atoms with E-state index in [-0.39, 0.29) is 18.2 Å². The molecule has 43 heavy (non-hydrogen) atoms. The van der Waals surface area contributed by atoms with Crippen LogP contribution in [-0.4, -0.2) is 64.6 Å². The van der Waals surface area contributed by atoms with E-state index in [9.17, 15) is 24.0 Å². The Kier molecular flexibility index (Phi) is 12.0. The van der Waals surface area contributed by atoms with Crippen molar-refractivity contribution in [2.24, 2.45) is 0 Å². The summed E-state index contributed by atoms with van der Waals surface area (Å²) in [6.45, 7) is 6.33. The molecular formula is C30H32ClN5O6S. The fraction of sp³-hybridized carbons (Fsp3) is 0.233. The van der Waals surface area contributed by atoms with Gasteiger partial charge in [0.05, 0.1) is 24.4 Å². The Hall–Kier alpha value is -4.55. The van der Waals surface area contributed by atoms with Crippen LogP contribution in [0.3, 0.4) is 0 Å². The molecule has 0 bridgehead atoms. The molecule has 3 N–H and O–H groups in total. The van der Waals surface area contributed by atoms with Gasteiger partial charge < -0.3 is 20.8 Å². The van der Waals surface area contributed by atoms with Gasteiger partial charge in [0.1, 0.15) is 6.54 Å². The van der Waals surface area contributed by atoms with Crippen LogP contribution in [0, 0.1) is 6.92 Å². The summed E-state index contributed by atoms with van der Waals surface area (Å²) in [5, 5.41) is 9.34. The number of hydroxylamine groups is 2. The van der Waals surface area contributed by atoms with Crippen LogP contribution in [0.2, 0.25) is 5.02 Å². The van der Waals surface area contributed by atoms with Crippen molar-refractivity contribution in [2.75, 3.05) is 25.4 Å². The number of allylic oxidation sites excluding steroid dienone is 2. The lowest BCUT2D eigenvalue weighted by atomic mass is 10.1. The largest absolute Gasteiger partial charge is 0.372 e. The second kappa shape index (κ2) is 15.6. The van der Waals surface area contributed by atoms with Gasteiger partial charge in [0.15, 0.2) is 5.75 Å². The van der Waals surface area contributed by atoms with Gasteiger partial charge in [0.2, 0.25) is 17.7 Å². The third-order valence-electron chi connectivity index (χ3n) is 6.23. The number of fused-ring (bicyclic) bond motifs is 1. The maximum atomic E-state index is 13.4. The number of carbonyl (C=O) groups is 5. The van der Waals surface area contributed by atoms with E-state index < -0.39 is 36.7 Å². The van der Waals surface area contributed by atoms with Crippen LogP contribution >= 0.6 is 24.2 Å².